The Kier molecular flexibility index (Phi) is 2.92. The highest BCUT2D eigenvalue weighted by atomic mass is 15.5. The van der Waals surface area contributed by atoms with E-state index in [0.29, 0.717) is 5.95 Å². The summed E-state index contributed by atoms with van der Waals surface area (Å²) < 4.78 is 0. The summed E-state index contributed by atoms with van der Waals surface area (Å²) in [7, 11) is 0. The number of nitrogens with zero attached hydrogens (tertiary/aromatic N) is 4. The predicted octanol–water partition coefficient (Wildman–Crippen LogP) is 3.38. The zero-order chi connectivity index (χ0) is 15.1. The molecule has 0 fully saturated rings. The van der Waals surface area contributed by atoms with Gasteiger partial charge in [0, 0.05) is 0 Å². The molecule has 0 aliphatic carbocycles. The van der Waals surface area contributed by atoms with Crippen LogP contribution in [0.25, 0.3) is 0 Å². The third kappa shape index (κ3) is 1.89. The van der Waals surface area contributed by atoms with Crippen LogP contribution in [0, 0.1) is 13.8 Å². The van der Waals surface area contributed by atoms with Gasteiger partial charge in [0.2, 0.25) is 0 Å². The number of aromatic amines is 1. The van der Waals surface area contributed by atoms with E-state index in [1.54, 1.807) is 0 Å². The van der Waals surface area contributed by atoms with E-state index in [9.17, 15) is 0 Å². The van der Waals surface area contributed by atoms with Crippen LogP contribution in [0.4, 0.5) is 17.3 Å². The minimum Gasteiger partial charge on any atom is -0.276 e. The molecular formula is C17H17N5. The smallest absolute Gasteiger partial charge is 0.274 e. The number of rotatable bonds is 1. The molecule has 0 unspecified atom stereocenters. The van der Waals surface area contributed by atoms with E-state index in [2.05, 4.69) is 75.8 Å². The minimum atomic E-state index is 0.582. The number of hydrogen-bond donors (Lipinski definition) is 1. The number of nitrogens with one attached hydrogen (secondary N) is 1. The number of H-pyrrole nitrogens is 1. The molecular weight excluding hydrogens is 274 g/mol. The monoisotopic (exact) mass is 291 g/mol. The third-order valence-corrected chi connectivity index (χ3v) is 4.50. The maximum absolute atomic E-state index is 4.21. The molecule has 1 N–H and O–H groups in total. The number of aryl methyl sites for hydroxylation is 2. The van der Waals surface area contributed by atoms with E-state index in [1.807, 2.05) is 0 Å². The molecule has 0 amide bonds. The normalized spacial score (nSPS) is 13.5. The van der Waals surface area contributed by atoms with Crippen molar-refractivity contribution in [2.24, 2.45) is 0 Å². The number of anilines is 3. The summed E-state index contributed by atoms with van der Waals surface area (Å²) in [6, 6.07) is 12.8. The highest BCUT2D eigenvalue weighted by molar-refractivity contribution is 5.79. The van der Waals surface area contributed by atoms with Crippen LogP contribution in [0.2, 0.25) is 0 Å². The first-order valence-corrected chi connectivity index (χ1v) is 7.46. The summed E-state index contributed by atoms with van der Waals surface area (Å²) in [5.41, 5.74) is 7.61. The second kappa shape index (κ2) is 4.94. The van der Waals surface area contributed by atoms with Crippen LogP contribution in [0.5, 0.6) is 0 Å². The Morgan fingerprint density at radius 1 is 1.00 bits per heavy atom. The van der Waals surface area contributed by atoms with E-state index in [-0.39, 0.29) is 0 Å². The molecule has 2 heterocycles. The summed E-state index contributed by atoms with van der Waals surface area (Å²) in [4.78, 5) is 2.10. The standard InChI is InChI=1S/C17H17N5/c1-11-7-10-16-14(12(11)2)9-8-13-5-3-4-6-15(13)22(16)17-18-20-21-19-17/h3-7,10H,8-9H2,1-2H3,(H,18,19,20,21). The summed E-state index contributed by atoms with van der Waals surface area (Å²) in [6.45, 7) is 4.35. The van der Waals surface area contributed by atoms with Crippen molar-refractivity contribution < 1.29 is 0 Å². The molecule has 2 aromatic carbocycles. The zero-order valence-electron chi connectivity index (χ0n) is 12.7. The first-order chi connectivity index (χ1) is 10.8. The molecule has 5 heteroatoms. The van der Waals surface area contributed by atoms with Gasteiger partial charge in [0.05, 0.1) is 11.4 Å². The van der Waals surface area contributed by atoms with E-state index in [1.165, 1.54) is 22.3 Å². The second-order valence-corrected chi connectivity index (χ2v) is 5.68. The van der Waals surface area contributed by atoms with Crippen LogP contribution in [0.3, 0.4) is 0 Å². The van der Waals surface area contributed by atoms with Gasteiger partial charge >= 0.3 is 0 Å². The van der Waals surface area contributed by atoms with Crippen LogP contribution in [-0.2, 0) is 12.8 Å². The average Bonchev–Trinajstić information content (AvgIpc) is 3.00. The molecule has 0 atom stereocenters. The number of tetrazole rings is 1. The number of hydrogen-bond acceptors (Lipinski definition) is 4. The van der Waals surface area contributed by atoms with E-state index < -0.39 is 0 Å². The molecule has 22 heavy (non-hydrogen) atoms. The molecule has 1 aliphatic rings. The Hall–Kier alpha value is -2.69. The van der Waals surface area contributed by atoms with Gasteiger partial charge in [-0.2, -0.15) is 5.21 Å². The molecule has 110 valence electrons. The molecule has 0 saturated carbocycles. The van der Waals surface area contributed by atoms with Gasteiger partial charge in [-0.25, -0.2) is 0 Å². The van der Waals surface area contributed by atoms with Crippen molar-refractivity contribution in [3.63, 3.8) is 0 Å². The lowest BCUT2D eigenvalue weighted by Gasteiger charge is -2.24. The highest BCUT2D eigenvalue weighted by Gasteiger charge is 2.25. The Labute approximate surface area is 129 Å². The van der Waals surface area contributed by atoms with Crippen LogP contribution >= 0.6 is 0 Å². The molecule has 0 saturated heterocycles. The van der Waals surface area contributed by atoms with Gasteiger partial charge in [-0.3, -0.25) is 4.90 Å². The number of aromatic nitrogens is 4. The Balaban J connectivity index is 2.01. The van der Waals surface area contributed by atoms with Crippen molar-refractivity contribution in [2.75, 3.05) is 4.90 Å². The van der Waals surface area contributed by atoms with Gasteiger partial charge in [0.1, 0.15) is 0 Å². The quantitative estimate of drug-likeness (QED) is 0.746. The molecule has 3 aromatic rings. The lowest BCUT2D eigenvalue weighted by Crippen LogP contribution is -2.14. The summed E-state index contributed by atoms with van der Waals surface area (Å²) in [6.07, 6.45) is 2.04. The Morgan fingerprint density at radius 3 is 2.68 bits per heavy atom. The third-order valence-electron chi connectivity index (χ3n) is 4.50. The Bertz CT molecular complexity index is 823. The SMILES string of the molecule is Cc1ccc2c(c1C)CCc1ccccc1N2c1nn[nH]n1. The highest BCUT2D eigenvalue weighted by Crippen LogP contribution is 2.41. The minimum absolute atomic E-state index is 0.582. The zero-order valence-corrected chi connectivity index (χ0v) is 12.7. The fourth-order valence-electron chi connectivity index (χ4n) is 3.18. The van der Waals surface area contributed by atoms with Crippen LogP contribution in [-0.4, -0.2) is 20.6 Å². The molecule has 4 rings (SSSR count). The average molecular weight is 291 g/mol. The van der Waals surface area contributed by atoms with Crippen molar-refractivity contribution >= 4 is 17.3 Å². The van der Waals surface area contributed by atoms with Crippen LogP contribution in [0.15, 0.2) is 36.4 Å². The predicted molar refractivity (Wildman–Crippen MR) is 85.7 cm³/mol. The maximum Gasteiger partial charge on any atom is 0.274 e. The van der Waals surface area contributed by atoms with E-state index in [4.69, 9.17) is 0 Å². The van der Waals surface area contributed by atoms with Gasteiger partial charge in [0.15, 0.2) is 0 Å². The van der Waals surface area contributed by atoms with Crippen molar-refractivity contribution in [1.82, 2.24) is 20.6 Å². The van der Waals surface area contributed by atoms with Crippen molar-refractivity contribution in [1.29, 1.82) is 0 Å². The van der Waals surface area contributed by atoms with Crippen molar-refractivity contribution in [2.45, 2.75) is 26.7 Å². The summed E-state index contributed by atoms with van der Waals surface area (Å²) in [5.74, 6) is 0.582. The van der Waals surface area contributed by atoms with Gasteiger partial charge in [-0.15, -0.1) is 5.10 Å². The largest absolute Gasteiger partial charge is 0.276 e. The van der Waals surface area contributed by atoms with Crippen LogP contribution in [0.1, 0.15) is 22.3 Å². The lowest BCUT2D eigenvalue weighted by molar-refractivity contribution is 0.881. The van der Waals surface area contributed by atoms with Crippen molar-refractivity contribution in [3.05, 3.63) is 58.7 Å². The number of para-hydroxylation sites is 1. The first kappa shape index (κ1) is 13.0. The fourth-order valence-corrected chi connectivity index (χ4v) is 3.18. The number of benzene rings is 2. The van der Waals surface area contributed by atoms with Crippen molar-refractivity contribution in [3.8, 4) is 0 Å². The topological polar surface area (TPSA) is 57.7 Å². The van der Waals surface area contributed by atoms with Gasteiger partial charge in [-0.05, 0) is 66.3 Å². The fraction of sp³-hybridized carbons (Fsp3) is 0.235. The molecule has 5 nitrogen and oxygen atoms in total. The van der Waals surface area contributed by atoms with Gasteiger partial charge in [-0.1, -0.05) is 29.4 Å². The van der Waals surface area contributed by atoms with E-state index >= 15 is 0 Å². The Morgan fingerprint density at radius 2 is 1.86 bits per heavy atom. The lowest BCUT2D eigenvalue weighted by atomic mass is 9.97. The molecule has 0 radical (unpaired) electrons. The van der Waals surface area contributed by atoms with Crippen LogP contribution < -0.4 is 4.90 Å². The maximum atomic E-state index is 4.21. The summed E-state index contributed by atoms with van der Waals surface area (Å²) >= 11 is 0. The first-order valence-electron chi connectivity index (χ1n) is 7.46. The molecule has 0 bridgehead atoms. The molecule has 1 aromatic heterocycles. The van der Waals surface area contributed by atoms with Gasteiger partial charge < -0.3 is 0 Å². The van der Waals surface area contributed by atoms with E-state index in [0.717, 1.165) is 24.2 Å². The second-order valence-electron chi connectivity index (χ2n) is 5.68. The molecule has 1 aliphatic heterocycles. The van der Waals surface area contributed by atoms with Gasteiger partial charge in [0.25, 0.3) is 5.95 Å². The number of fused-ring (bicyclic) bond motifs is 2. The summed E-state index contributed by atoms with van der Waals surface area (Å²) in [5, 5.41) is 14.7. The molecule has 0 spiro atoms.